The van der Waals surface area contributed by atoms with Gasteiger partial charge in [0.2, 0.25) is 5.95 Å². The number of aliphatic hydroxyl groups excluding tert-OH is 2. The SMILES string of the molecule is Cc1cc(-c2ccccc2)c(C(=O)C(=O)Nc2ccc3c(c2)OC[C@H]2CN(c4ncc([C@@H](O)CO)cn4)CCN32)n1C. The van der Waals surface area contributed by atoms with E-state index in [0.717, 1.165) is 22.5 Å². The highest BCUT2D eigenvalue weighted by molar-refractivity contribution is 6.47. The number of benzene rings is 2. The lowest BCUT2D eigenvalue weighted by Crippen LogP contribution is -2.57. The van der Waals surface area contributed by atoms with Gasteiger partial charge >= 0.3 is 0 Å². The Morgan fingerprint density at radius 2 is 1.86 bits per heavy atom. The van der Waals surface area contributed by atoms with Crippen LogP contribution in [-0.2, 0) is 11.8 Å². The molecular weight excluding hydrogens is 536 g/mol. The van der Waals surface area contributed by atoms with Crippen LogP contribution >= 0.6 is 0 Å². The third-order valence-electron chi connectivity index (χ3n) is 7.92. The Morgan fingerprint density at radius 3 is 2.60 bits per heavy atom. The van der Waals surface area contributed by atoms with Gasteiger partial charge in [0.05, 0.1) is 18.3 Å². The molecule has 0 unspecified atom stereocenters. The van der Waals surface area contributed by atoms with Crippen LogP contribution < -0.4 is 19.9 Å². The molecule has 2 aromatic carbocycles. The molecule has 0 aliphatic carbocycles. The van der Waals surface area contributed by atoms with Gasteiger partial charge in [0.15, 0.2) is 0 Å². The van der Waals surface area contributed by atoms with Gasteiger partial charge in [-0.1, -0.05) is 30.3 Å². The number of ether oxygens (including phenoxy) is 1. The molecule has 42 heavy (non-hydrogen) atoms. The minimum absolute atomic E-state index is 0.0663. The normalized spacial score (nSPS) is 16.7. The number of anilines is 3. The van der Waals surface area contributed by atoms with Gasteiger partial charge in [0.1, 0.15) is 24.2 Å². The van der Waals surface area contributed by atoms with E-state index in [2.05, 4.69) is 25.1 Å². The van der Waals surface area contributed by atoms with Crippen molar-refractivity contribution >= 4 is 29.0 Å². The monoisotopic (exact) mass is 568 g/mol. The zero-order valence-electron chi connectivity index (χ0n) is 23.4. The number of amides is 1. The van der Waals surface area contributed by atoms with Gasteiger partial charge < -0.3 is 34.6 Å². The van der Waals surface area contributed by atoms with E-state index in [1.54, 1.807) is 23.7 Å². The van der Waals surface area contributed by atoms with Gasteiger partial charge in [-0.05, 0) is 30.7 Å². The molecule has 216 valence electrons. The van der Waals surface area contributed by atoms with E-state index in [0.29, 0.717) is 54.9 Å². The van der Waals surface area contributed by atoms with Crippen LogP contribution in [0, 0.1) is 6.92 Å². The third-order valence-corrected chi connectivity index (χ3v) is 7.92. The van der Waals surface area contributed by atoms with Crippen molar-refractivity contribution in [2.75, 3.05) is 48.0 Å². The standard InChI is InChI=1S/C31H32N6O5/c1-19-12-24(20-6-4-3-5-7-20)28(35(19)2)29(40)30(41)34-22-8-9-25-27(13-22)42-18-23-16-36(10-11-37(23)25)31-32-14-21(15-33-31)26(39)17-38/h3-9,12-15,23,26,38-39H,10-11,16-18H2,1-2H3,(H,34,41)/t23-,26+/m1/s1. The van der Waals surface area contributed by atoms with Crippen LogP contribution in [0.1, 0.15) is 27.8 Å². The van der Waals surface area contributed by atoms with E-state index in [1.807, 2.05) is 49.4 Å². The molecule has 2 atom stereocenters. The summed E-state index contributed by atoms with van der Waals surface area (Å²) in [5.41, 5.74) is 4.68. The van der Waals surface area contributed by atoms with Gasteiger partial charge in [0, 0.05) is 67.7 Å². The highest BCUT2D eigenvalue weighted by atomic mass is 16.5. The van der Waals surface area contributed by atoms with E-state index in [1.165, 1.54) is 12.4 Å². The summed E-state index contributed by atoms with van der Waals surface area (Å²) in [5, 5.41) is 21.7. The van der Waals surface area contributed by atoms with Gasteiger partial charge in [0.25, 0.3) is 11.7 Å². The summed E-state index contributed by atoms with van der Waals surface area (Å²) in [6.07, 6.45) is 2.06. The molecule has 2 aromatic heterocycles. The number of piperazine rings is 1. The topological polar surface area (TPSA) is 133 Å². The number of aliphatic hydroxyl groups is 2. The summed E-state index contributed by atoms with van der Waals surface area (Å²) in [6, 6.07) is 17.0. The summed E-state index contributed by atoms with van der Waals surface area (Å²) in [5.74, 6) is -0.127. The van der Waals surface area contributed by atoms with Crippen molar-refractivity contribution in [1.82, 2.24) is 14.5 Å². The number of nitrogens with zero attached hydrogens (tertiary/aromatic N) is 5. The number of nitrogens with one attached hydrogen (secondary N) is 1. The average Bonchev–Trinajstić information content (AvgIpc) is 3.33. The van der Waals surface area contributed by atoms with Crippen molar-refractivity contribution in [2.45, 2.75) is 19.1 Å². The van der Waals surface area contributed by atoms with Crippen molar-refractivity contribution in [3.8, 4) is 16.9 Å². The van der Waals surface area contributed by atoms with E-state index < -0.39 is 17.8 Å². The van der Waals surface area contributed by atoms with Crippen LogP contribution in [0.15, 0.2) is 67.0 Å². The minimum atomic E-state index is -0.999. The predicted molar refractivity (Wildman–Crippen MR) is 158 cm³/mol. The zero-order valence-corrected chi connectivity index (χ0v) is 23.4. The lowest BCUT2D eigenvalue weighted by atomic mass is 10.0. The van der Waals surface area contributed by atoms with Crippen LogP contribution in [0.2, 0.25) is 0 Å². The highest BCUT2D eigenvalue weighted by Crippen LogP contribution is 2.38. The maximum Gasteiger partial charge on any atom is 0.298 e. The molecule has 1 fully saturated rings. The molecule has 0 saturated carbocycles. The summed E-state index contributed by atoms with van der Waals surface area (Å²) in [6.45, 7) is 4.00. The van der Waals surface area contributed by atoms with Crippen LogP contribution in [0.3, 0.4) is 0 Å². The number of rotatable bonds is 7. The number of carbonyl (C=O) groups excluding carboxylic acids is 2. The molecule has 0 spiro atoms. The van der Waals surface area contributed by atoms with E-state index >= 15 is 0 Å². The fourth-order valence-electron chi connectivity index (χ4n) is 5.54. The second-order valence-corrected chi connectivity index (χ2v) is 10.6. The Kier molecular flexibility index (Phi) is 7.36. The molecule has 6 rings (SSSR count). The van der Waals surface area contributed by atoms with E-state index in [-0.39, 0.29) is 12.6 Å². The minimum Gasteiger partial charge on any atom is -0.489 e. The van der Waals surface area contributed by atoms with Crippen molar-refractivity contribution in [1.29, 1.82) is 0 Å². The Morgan fingerprint density at radius 1 is 1.10 bits per heavy atom. The van der Waals surface area contributed by atoms with Crippen LogP contribution in [-0.4, -0.2) is 75.3 Å². The molecule has 2 aliphatic rings. The maximum atomic E-state index is 13.4. The predicted octanol–water partition coefficient (Wildman–Crippen LogP) is 2.73. The Hall–Kier alpha value is -4.74. The average molecular weight is 569 g/mol. The number of carbonyl (C=O) groups is 2. The van der Waals surface area contributed by atoms with Gasteiger partial charge in [-0.25, -0.2) is 9.97 Å². The summed E-state index contributed by atoms with van der Waals surface area (Å²) in [4.78, 5) is 39.6. The highest BCUT2D eigenvalue weighted by Gasteiger charge is 2.34. The second-order valence-electron chi connectivity index (χ2n) is 10.6. The van der Waals surface area contributed by atoms with Crippen LogP contribution in [0.4, 0.5) is 17.3 Å². The van der Waals surface area contributed by atoms with Crippen molar-refractivity contribution in [2.24, 2.45) is 7.05 Å². The molecule has 3 N–H and O–H groups in total. The molecule has 4 heterocycles. The smallest absolute Gasteiger partial charge is 0.298 e. The van der Waals surface area contributed by atoms with Gasteiger partial charge in [-0.3, -0.25) is 9.59 Å². The Balaban J connectivity index is 1.14. The number of aryl methyl sites for hydroxylation is 1. The van der Waals surface area contributed by atoms with Crippen molar-refractivity contribution in [3.63, 3.8) is 0 Å². The maximum absolute atomic E-state index is 13.4. The second kappa shape index (κ2) is 11.3. The van der Waals surface area contributed by atoms with Gasteiger partial charge in [-0.2, -0.15) is 0 Å². The summed E-state index contributed by atoms with van der Waals surface area (Å²) in [7, 11) is 1.79. The zero-order chi connectivity index (χ0) is 29.4. The first-order chi connectivity index (χ1) is 20.3. The number of ketones is 1. The molecule has 11 nitrogen and oxygen atoms in total. The number of Topliss-reactive ketones (excluding diaryl/α,β-unsaturated/α-hetero) is 1. The summed E-state index contributed by atoms with van der Waals surface area (Å²) < 4.78 is 7.85. The quantitative estimate of drug-likeness (QED) is 0.227. The Bertz CT molecular complexity index is 1620. The lowest BCUT2D eigenvalue weighted by Gasteiger charge is -2.45. The van der Waals surface area contributed by atoms with Crippen LogP contribution in [0.25, 0.3) is 11.1 Å². The van der Waals surface area contributed by atoms with Crippen molar-refractivity contribution in [3.05, 3.63) is 83.9 Å². The molecule has 4 aromatic rings. The number of hydrogen-bond acceptors (Lipinski definition) is 9. The molecule has 11 heteroatoms. The molecule has 0 radical (unpaired) electrons. The first-order valence-electron chi connectivity index (χ1n) is 13.8. The molecular formula is C31H32N6O5. The summed E-state index contributed by atoms with van der Waals surface area (Å²) >= 11 is 0. The largest absolute Gasteiger partial charge is 0.489 e. The molecule has 2 aliphatic heterocycles. The number of fused-ring (bicyclic) bond motifs is 3. The van der Waals surface area contributed by atoms with E-state index in [9.17, 15) is 14.7 Å². The molecule has 1 amide bonds. The van der Waals surface area contributed by atoms with Gasteiger partial charge in [-0.15, -0.1) is 0 Å². The lowest BCUT2D eigenvalue weighted by molar-refractivity contribution is -0.112. The first-order valence-corrected chi connectivity index (χ1v) is 13.8. The first kappa shape index (κ1) is 27.4. The third kappa shape index (κ3) is 5.08. The number of aromatic nitrogens is 3. The molecule has 0 bridgehead atoms. The molecule has 1 saturated heterocycles. The van der Waals surface area contributed by atoms with E-state index in [4.69, 9.17) is 9.84 Å². The Labute approximate surface area is 243 Å². The van der Waals surface area contributed by atoms with Crippen molar-refractivity contribution < 1.29 is 24.5 Å². The number of hydrogen-bond donors (Lipinski definition) is 3. The fraction of sp³-hybridized carbons (Fsp3) is 0.290. The fourth-order valence-corrected chi connectivity index (χ4v) is 5.54. The van der Waals surface area contributed by atoms with Crippen LogP contribution in [0.5, 0.6) is 5.75 Å².